The van der Waals surface area contributed by atoms with E-state index in [4.69, 9.17) is 21.1 Å². The van der Waals surface area contributed by atoms with Gasteiger partial charge in [-0.1, -0.05) is 11.6 Å². The summed E-state index contributed by atoms with van der Waals surface area (Å²) in [5.74, 6) is -0.166. The van der Waals surface area contributed by atoms with Gasteiger partial charge in [0.2, 0.25) is 15.9 Å². The summed E-state index contributed by atoms with van der Waals surface area (Å²) in [5, 5.41) is 3.31. The van der Waals surface area contributed by atoms with Gasteiger partial charge in [-0.2, -0.15) is 4.31 Å². The molecule has 0 aliphatic carbocycles. The fourth-order valence-corrected chi connectivity index (χ4v) is 5.87. The third-order valence-corrected chi connectivity index (χ3v) is 7.75. The van der Waals surface area contributed by atoms with Gasteiger partial charge in [0.1, 0.15) is 10.6 Å². The predicted molar refractivity (Wildman–Crippen MR) is 119 cm³/mol. The number of nitrogens with one attached hydrogen (secondary N) is 1. The van der Waals surface area contributed by atoms with Crippen LogP contribution >= 0.6 is 11.6 Å². The molecule has 0 saturated carbocycles. The Morgan fingerprint density at radius 3 is 2.81 bits per heavy atom. The topological polar surface area (TPSA) is 88.2 Å². The quantitative estimate of drug-likeness (QED) is 0.552. The Morgan fingerprint density at radius 2 is 2.06 bits per heavy atom. The molecule has 174 valence electrons. The molecule has 2 aliphatic rings. The first-order valence-electron chi connectivity index (χ1n) is 10.9. The Labute approximate surface area is 189 Å². The minimum absolute atomic E-state index is 0.0495. The number of hydrogen-bond donors (Lipinski definition) is 1. The molecule has 1 aromatic rings. The molecule has 1 atom stereocenters. The summed E-state index contributed by atoms with van der Waals surface area (Å²) in [6.07, 6.45) is 2.17. The lowest BCUT2D eigenvalue weighted by atomic mass is 9.99. The van der Waals surface area contributed by atoms with Crippen LogP contribution in [0.5, 0.6) is 5.75 Å². The van der Waals surface area contributed by atoms with Crippen molar-refractivity contribution in [3.63, 3.8) is 0 Å². The van der Waals surface area contributed by atoms with Crippen LogP contribution in [0.15, 0.2) is 23.1 Å². The standard InChI is InChI=1S/C21H32ClN3O5S/c1-2-30-19-7-6-18(22)15-20(19)31(27,28)25-10-3-5-17(16-25)21(26)23-8-4-9-24-11-13-29-14-12-24/h6-7,15,17H,2-5,8-14,16H2,1H3,(H,23,26)/t17-/m1/s1. The number of nitrogens with zero attached hydrogens (tertiary/aromatic N) is 2. The lowest BCUT2D eigenvalue weighted by Gasteiger charge is -2.31. The minimum Gasteiger partial charge on any atom is -0.492 e. The highest BCUT2D eigenvalue weighted by atomic mass is 35.5. The van der Waals surface area contributed by atoms with Crippen molar-refractivity contribution < 1.29 is 22.7 Å². The number of ether oxygens (including phenoxy) is 2. The molecule has 3 rings (SSSR count). The molecule has 2 heterocycles. The number of carbonyl (C=O) groups excluding carboxylic acids is 1. The van der Waals surface area contributed by atoms with Gasteiger partial charge >= 0.3 is 0 Å². The molecule has 0 spiro atoms. The number of sulfonamides is 1. The molecule has 1 amide bonds. The minimum atomic E-state index is -3.82. The zero-order chi connectivity index (χ0) is 22.3. The maximum Gasteiger partial charge on any atom is 0.246 e. The van der Waals surface area contributed by atoms with Crippen molar-refractivity contribution in [3.8, 4) is 5.75 Å². The Morgan fingerprint density at radius 1 is 1.29 bits per heavy atom. The smallest absolute Gasteiger partial charge is 0.246 e. The maximum absolute atomic E-state index is 13.3. The summed E-state index contributed by atoms with van der Waals surface area (Å²) in [6, 6.07) is 4.59. The molecule has 0 bridgehead atoms. The van der Waals surface area contributed by atoms with Crippen molar-refractivity contribution in [2.24, 2.45) is 5.92 Å². The van der Waals surface area contributed by atoms with Crippen LogP contribution in [0.4, 0.5) is 0 Å². The van der Waals surface area contributed by atoms with Gasteiger partial charge in [0.15, 0.2) is 0 Å². The van der Waals surface area contributed by atoms with Crippen LogP contribution in [-0.4, -0.2) is 82.6 Å². The monoisotopic (exact) mass is 473 g/mol. The van der Waals surface area contributed by atoms with E-state index in [1.165, 1.54) is 10.4 Å². The van der Waals surface area contributed by atoms with Gasteiger partial charge in [0, 0.05) is 37.7 Å². The van der Waals surface area contributed by atoms with E-state index in [0.29, 0.717) is 37.6 Å². The van der Waals surface area contributed by atoms with Crippen molar-refractivity contribution in [2.75, 3.05) is 59.1 Å². The second-order valence-corrected chi connectivity index (χ2v) is 10.2. The SMILES string of the molecule is CCOc1ccc(Cl)cc1S(=O)(=O)N1CCC[C@@H](C(=O)NCCCN2CCOCC2)C1. The summed E-state index contributed by atoms with van der Waals surface area (Å²) in [4.78, 5) is 15.0. The molecule has 2 fully saturated rings. The summed E-state index contributed by atoms with van der Waals surface area (Å²) < 4.78 is 38.8. The number of morpholine rings is 1. The van der Waals surface area contributed by atoms with Crippen LogP contribution in [0.2, 0.25) is 5.02 Å². The summed E-state index contributed by atoms with van der Waals surface area (Å²) in [7, 11) is -3.82. The number of amides is 1. The van der Waals surface area contributed by atoms with E-state index < -0.39 is 10.0 Å². The molecule has 8 nitrogen and oxygen atoms in total. The largest absolute Gasteiger partial charge is 0.492 e. The van der Waals surface area contributed by atoms with Crippen LogP contribution in [0.25, 0.3) is 0 Å². The highest BCUT2D eigenvalue weighted by Gasteiger charge is 2.35. The van der Waals surface area contributed by atoms with E-state index in [1.807, 2.05) is 0 Å². The Kier molecular flexibility index (Phi) is 8.97. The highest BCUT2D eigenvalue weighted by molar-refractivity contribution is 7.89. The molecule has 1 aromatic carbocycles. The van der Waals surface area contributed by atoms with E-state index >= 15 is 0 Å². The molecule has 0 unspecified atom stereocenters. The van der Waals surface area contributed by atoms with Crippen LogP contribution in [-0.2, 0) is 19.6 Å². The lowest BCUT2D eigenvalue weighted by Crippen LogP contribution is -2.46. The number of rotatable bonds is 9. The first-order chi connectivity index (χ1) is 14.9. The first-order valence-corrected chi connectivity index (χ1v) is 12.7. The number of piperidine rings is 1. The summed E-state index contributed by atoms with van der Waals surface area (Å²) >= 11 is 6.06. The second-order valence-electron chi connectivity index (χ2n) is 7.82. The fourth-order valence-electron chi connectivity index (χ4n) is 3.96. The van der Waals surface area contributed by atoms with Gasteiger partial charge in [0.05, 0.1) is 25.7 Å². The summed E-state index contributed by atoms with van der Waals surface area (Å²) in [5.41, 5.74) is 0. The first kappa shape index (κ1) is 24.3. The van der Waals surface area contributed by atoms with Gasteiger partial charge in [-0.3, -0.25) is 9.69 Å². The Hall–Kier alpha value is -1.39. The normalized spacial score (nSPS) is 21.0. The van der Waals surface area contributed by atoms with Crippen molar-refractivity contribution in [1.29, 1.82) is 0 Å². The molecular formula is C21H32ClN3O5S. The zero-order valence-corrected chi connectivity index (χ0v) is 19.6. The molecule has 31 heavy (non-hydrogen) atoms. The number of carbonyl (C=O) groups is 1. The van der Waals surface area contributed by atoms with Gasteiger partial charge in [-0.15, -0.1) is 0 Å². The third kappa shape index (κ3) is 6.55. The number of halogens is 1. The van der Waals surface area contributed by atoms with Gasteiger partial charge < -0.3 is 14.8 Å². The average Bonchev–Trinajstić information content (AvgIpc) is 2.78. The molecule has 1 N–H and O–H groups in total. The van der Waals surface area contributed by atoms with E-state index in [1.54, 1.807) is 19.1 Å². The van der Waals surface area contributed by atoms with Crippen molar-refractivity contribution in [3.05, 3.63) is 23.2 Å². The average molecular weight is 474 g/mol. The Bertz CT molecular complexity index is 845. The van der Waals surface area contributed by atoms with Crippen molar-refractivity contribution >= 4 is 27.5 Å². The van der Waals surface area contributed by atoms with Gasteiger partial charge in [-0.05, 0) is 50.9 Å². The van der Waals surface area contributed by atoms with E-state index in [9.17, 15) is 13.2 Å². The van der Waals surface area contributed by atoms with Gasteiger partial charge in [-0.25, -0.2) is 8.42 Å². The molecular weight excluding hydrogens is 442 g/mol. The molecule has 10 heteroatoms. The third-order valence-electron chi connectivity index (χ3n) is 5.63. The van der Waals surface area contributed by atoms with E-state index in [2.05, 4.69) is 10.2 Å². The fraction of sp³-hybridized carbons (Fsp3) is 0.667. The second kappa shape index (κ2) is 11.5. The van der Waals surface area contributed by atoms with Crippen LogP contribution in [0.3, 0.4) is 0 Å². The van der Waals surface area contributed by atoms with E-state index in [-0.39, 0.29) is 29.0 Å². The van der Waals surface area contributed by atoms with Crippen molar-refractivity contribution in [2.45, 2.75) is 31.1 Å². The predicted octanol–water partition coefficient (Wildman–Crippen LogP) is 1.98. The molecule has 2 aliphatic heterocycles. The molecule has 2 saturated heterocycles. The zero-order valence-electron chi connectivity index (χ0n) is 18.0. The molecule has 0 aromatic heterocycles. The lowest BCUT2D eigenvalue weighted by molar-refractivity contribution is -0.126. The summed E-state index contributed by atoms with van der Waals surface area (Å²) in [6.45, 7) is 7.56. The Balaban J connectivity index is 1.56. The van der Waals surface area contributed by atoms with Crippen LogP contribution in [0.1, 0.15) is 26.2 Å². The number of benzene rings is 1. The number of hydrogen-bond acceptors (Lipinski definition) is 6. The van der Waals surface area contributed by atoms with E-state index in [0.717, 1.165) is 39.3 Å². The highest BCUT2D eigenvalue weighted by Crippen LogP contribution is 2.32. The van der Waals surface area contributed by atoms with Gasteiger partial charge in [0.25, 0.3) is 0 Å². The van der Waals surface area contributed by atoms with Crippen LogP contribution < -0.4 is 10.1 Å². The van der Waals surface area contributed by atoms with Crippen molar-refractivity contribution in [1.82, 2.24) is 14.5 Å². The van der Waals surface area contributed by atoms with Crippen LogP contribution in [0, 0.1) is 5.92 Å². The maximum atomic E-state index is 13.3. The molecule has 0 radical (unpaired) electrons.